The highest BCUT2D eigenvalue weighted by Gasteiger charge is 1.88. The summed E-state index contributed by atoms with van der Waals surface area (Å²) in [5, 5.41) is 0. The Labute approximate surface area is 78.7 Å². The van der Waals surface area contributed by atoms with Crippen LogP contribution in [0.3, 0.4) is 0 Å². The molecule has 1 rings (SSSR count). The molecule has 63 valence electrons. The molecule has 0 amide bonds. The zero-order chi connectivity index (χ0) is 8.81. The van der Waals surface area contributed by atoms with Gasteiger partial charge in [0, 0.05) is 4.90 Å². The third-order valence-electron chi connectivity index (χ3n) is 1.59. The van der Waals surface area contributed by atoms with E-state index in [-0.39, 0.29) is 0 Å². The molecule has 0 aliphatic heterocycles. The number of rotatable bonds is 3. The second-order valence-corrected chi connectivity index (χ2v) is 3.34. The molecule has 0 spiro atoms. The molecule has 0 heterocycles. The van der Waals surface area contributed by atoms with Crippen molar-refractivity contribution in [2.75, 3.05) is 6.26 Å². The Morgan fingerprint density at radius 3 is 2.50 bits per heavy atom. The first-order chi connectivity index (χ1) is 5.86. The Morgan fingerprint density at radius 2 is 2.00 bits per heavy atom. The third kappa shape index (κ3) is 2.74. The fraction of sp³-hybridized carbons (Fsp3) is 0.182. The summed E-state index contributed by atoms with van der Waals surface area (Å²) in [7, 11) is 0. The molecule has 0 aliphatic rings. The van der Waals surface area contributed by atoms with E-state index in [1.54, 1.807) is 11.8 Å². The fourth-order valence-electron chi connectivity index (χ4n) is 0.934. The molecular weight excluding hydrogens is 164 g/mol. The lowest BCUT2D eigenvalue weighted by Crippen LogP contribution is -1.72. The molecule has 1 aromatic rings. The molecule has 0 aliphatic carbocycles. The van der Waals surface area contributed by atoms with E-state index in [1.807, 2.05) is 0 Å². The molecular formula is C11H13S. The van der Waals surface area contributed by atoms with Crippen LogP contribution >= 0.6 is 11.8 Å². The van der Waals surface area contributed by atoms with Gasteiger partial charge >= 0.3 is 0 Å². The summed E-state index contributed by atoms with van der Waals surface area (Å²) in [6.07, 6.45) is 7.09. The Bertz CT molecular complexity index is 246. The van der Waals surface area contributed by atoms with E-state index in [9.17, 15) is 0 Å². The highest BCUT2D eigenvalue weighted by atomic mass is 32.2. The van der Waals surface area contributed by atoms with Gasteiger partial charge in [0.25, 0.3) is 0 Å². The Morgan fingerprint density at radius 1 is 1.33 bits per heavy atom. The predicted octanol–water partition coefficient (Wildman–Crippen LogP) is 3.65. The van der Waals surface area contributed by atoms with Crippen LogP contribution in [0.5, 0.6) is 0 Å². The van der Waals surface area contributed by atoms with Crippen molar-refractivity contribution in [1.82, 2.24) is 0 Å². The molecule has 0 saturated heterocycles. The second-order valence-electron chi connectivity index (χ2n) is 2.46. The minimum atomic E-state index is 0.851. The van der Waals surface area contributed by atoms with Crippen LogP contribution < -0.4 is 0 Å². The zero-order valence-electron chi connectivity index (χ0n) is 7.29. The van der Waals surface area contributed by atoms with Crippen molar-refractivity contribution in [3.8, 4) is 0 Å². The van der Waals surface area contributed by atoms with Crippen molar-refractivity contribution in [1.29, 1.82) is 0 Å². The molecule has 0 atom stereocenters. The van der Waals surface area contributed by atoms with Crippen molar-refractivity contribution >= 4 is 17.8 Å². The lowest BCUT2D eigenvalue weighted by molar-refractivity contribution is 1.41. The minimum absolute atomic E-state index is 0.851. The second kappa shape index (κ2) is 5.04. The maximum atomic E-state index is 3.74. The quantitative estimate of drug-likeness (QED) is 0.635. The van der Waals surface area contributed by atoms with Crippen LogP contribution in [-0.2, 0) is 0 Å². The minimum Gasteiger partial charge on any atom is -0.130 e. The monoisotopic (exact) mass is 177 g/mol. The molecule has 0 nitrogen and oxygen atoms in total. The summed E-state index contributed by atoms with van der Waals surface area (Å²) >= 11 is 1.76. The van der Waals surface area contributed by atoms with Gasteiger partial charge in [0.05, 0.1) is 0 Å². The molecule has 0 N–H and O–H groups in total. The molecule has 0 aromatic heterocycles. The fourth-order valence-corrected chi connectivity index (χ4v) is 1.34. The van der Waals surface area contributed by atoms with Crippen molar-refractivity contribution in [2.45, 2.75) is 11.3 Å². The average molecular weight is 177 g/mol. The highest BCUT2D eigenvalue weighted by Crippen LogP contribution is 2.15. The van der Waals surface area contributed by atoms with Crippen LogP contribution in [0.25, 0.3) is 6.08 Å². The van der Waals surface area contributed by atoms with Gasteiger partial charge in [-0.05, 0) is 37.3 Å². The van der Waals surface area contributed by atoms with E-state index in [0.29, 0.717) is 0 Å². The number of allylic oxidation sites excluding steroid dienone is 1. The summed E-state index contributed by atoms with van der Waals surface area (Å²) in [6.45, 7) is 3.74. The van der Waals surface area contributed by atoms with Crippen LogP contribution in [0.1, 0.15) is 12.0 Å². The molecule has 0 fully saturated rings. The lowest BCUT2D eigenvalue weighted by atomic mass is 10.2. The van der Waals surface area contributed by atoms with Crippen molar-refractivity contribution in [3.63, 3.8) is 0 Å². The summed E-state index contributed by atoms with van der Waals surface area (Å²) in [6, 6.07) is 8.51. The maximum absolute atomic E-state index is 3.74. The van der Waals surface area contributed by atoms with Crippen molar-refractivity contribution in [2.24, 2.45) is 0 Å². The van der Waals surface area contributed by atoms with Crippen LogP contribution in [0.15, 0.2) is 35.2 Å². The van der Waals surface area contributed by atoms with E-state index in [4.69, 9.17) is 0 Å². The Hall–Kier alpha value is -0.690. The number of benzene rings is 1. The molecule has 1 heteroatoms. The Balaban J connectivity index is 2.71. The summed E-state index contributed by atoms with van der Waals surface area (Å²) in [5.41, 5.74) is 1.25. The van der Waals surface area contributed by atoms with Crippen LogP contribution in [0.4, 0.5) is 0 Å². The van der Waals surface area contributed by atoms with E-state index >= 15 is 0 Å². The van der Waals surface area contributed by atoms with Gasteiger partial charge in [-0.2, -0.15) is 0 Å². The largest absolute Gasteiger partial charge is 0.130 e. The van der Waals surface area contributed by atoms with Crippen LogP contribution in [0.2, 0.25) is 0 Å². The lowest BCUT2D eigenvalue weighted by Gasteiger charge is -1.96. The van der Waals surface area contributed by atoms with Gasteiger partial charge in [-0.1, -0.05) is 24.3 Å². The van der Waals surface area contributed by atoms with Crippen LogP contribution in [-0.4, -0.2) is 6.26 Å². The van der Waals surface area contributed by atoms with Gasteiger partial charge in [-0.3, -0.25) is 0 Å². The van der Waals surface area contributed by atoms with Gasteiger partial charge in [-0.25, -0.2) is 0 Å². The Kier molecular flexibility index (Phi) is 3.95. The van der Waals surface area contributed by atoms with Gasteiger partial charge in [-0.15, -0.1) is 11.8 Å². The first-order valence-corrected chi connectivity index (χ1v) is 5.19. The van der Waals surface area contributed by atoms with Gasteiger partial charge < -0.3 is 0 Å². The predicted molar refractivity (Wildman–Crippen MR) is 57.2 cm³/mol. The van der Waals surface area contributed by atoms with Crippen LogP contribution in [0, 0.1) is 6.92 Å². The number of hydrogen-bond donors (Lipinski definition) is 0. The molecule has 0 bridgehead atoms. The molecule has 1 radical (unpaired) electrons. The first-order valence-electron chi connectivity index (χ1n) is 3.96. The van der Waals surface area contributed by atoms with Gasteiger partial charge in [0.2, 0.25) is 0 Å². The number of hydrogen-bond acceptors (Lipinski definition) is 1. The smallest absolute Gasteiger partial charge is 0.00695 e. The van der Waals surface area contributed by atoms with Crippen molar-refractivity contribution < 1.29 is 0 Å². The van der Waals surface area contributed by atoms with E-state index in [1.165, 1.54) is 10.5 Å². The first kappa shape index (κ1) is 9.40. The van der Waals surface area contributed by atoms with E-state index in [0.717, 1.165) is 6.42 Å². The standard InChI is InChI=1S/C11H13S/c1-3-4-5-10-6-8-11(12-2)9-7-10/h4-9H,1,3H2,2H3. The molecule has 0 unspecified atom stereocenters. The third-order valence-corrected chi connectivity index (χ3v) is 2.34. The molecule has 1 aromatic carbocycles. The van der Waals surface area contributed by atoms with Gasteiger partial charge in [0.15, 0.2) is 0 Å². The highest BCUT2D eigenvalue weighted by molar-refractivity contribution is 7.98. The SMILES string of the molecule is [CH2]CC=Cc1ccc(SC)cc1. The maximum Gasteiger partial charge on any atom is 0.00695 e. The summed E-state index contributed by atoms with van der Waals surface area (Å²) in [4.78, 5) is 1.31. The summed E-state index contributed by atoms with van der Waals surface area (Å²) in [5.74, 6) is 0. The average Bonchev–Trinajstić information content (AvgIpc) is 2.15. The van der Waals surface area contributed by atoms with Crippen molar-refractivity contribution in [3.05, 3.63) is 42.8 Å². The zero-order valence-corrected chi connectivity index (χ0v) is 8.10. The number of thioether (sulfide) groups is 1. The summed E-state index contributed by atoms with van der Waals surface area (Å²) < 4.78 is 0. The van der Waals surface area contributed by atoms with E-state index < -0.39 is 0 Å². The van der Waals surface area contributed by atoms with E-state index in [2.05, 4.69) is 49.6 Å². The molecule has 0 saturated carbocycles. The normalized spacial score (nSPS) is 10.8. The topological polar surface area (TPSA) is 0 Å². The molecule has 12 heavy (non-hydrogen) atoms. The van der Waals surface area contributed by atoms with Gasteiger partial charge in [0.1, 0.15) is 0 Å².